The van der Waals surface area contributed by atoms with Crippen molar-refractivity contribution in [2.75, 3.05) is 38.1 Å². The molecule has 1 aliphatic rings. The second-order valence-electron chi connectivity index (χ2n) is 7.71. The molecule has 2 heterocycles. The van der Waals surface area contributed by atoms with Crippen LogP contribution in [0.1, 0.15) is 0 Å². The SMILES string of the molecule is CN1CCN(c2cccc3c2ccn3S(=O)(=O)c2cccc3c(Cl)cccc23)CC1. The fourth-order valence-electron chi connectivity index (χ4n) is 4.23. The van der Waals surface area contributed by atoms with Crippen molar-refractivity contribution in [3.8, 4) is 0 Å². The monoisotopic (exact) mass is 439 g/mol. The van der Waals surface area contributed by atoms with Gasteiger partial charge in [-0.05, 0) is 37.4 Å². The average Bonchev–Trinajstić information content (AvgIpc) is 3.19. The molecule has 0 radical (unpaired) electrons. The molecule has 4 aromatic rings. The van der Waals surface area contributed by atoms with Crippen LogP contribution in [-0.2, 0) is 10.0 Å². The summed E-state index contributed by atoms with van der Waals surface area (Å²) >= 11 is 6.31. The number of nitrogens with zero attached hydrogens (tertiary/aromatic N) is 3. The van der Waals surface area contributed by atoms with Crippen molar-refractivity contribution < 1.29 is 8.42 Å². The van der Waals surface area contributed by atoms with Crippen molar-refractivity contribution in [2.24, 2.45) is 0 Å². The Kier molecular flexibility index (Phi) is 4.73. The van der Waals surface area contributed by atoms with Crippen molar-refractivity contribution in [2.45, 2.75) is 4.90 Å². The molecule has 0 saturated carbocycles. The van der Waals surface area contributed by atoms with Crippen molar-refractivity contribution in [3.63, 3.8) is 0 Å². The Morgan fingerprint density at radius 1 is 0.800 bits per heavy atom. The lowest BCUT2D eigenvalue weighted by Gasteiger charge is -2.34. The van der Waals surface area contributed by atoms with Crippen LogP contribution in [0.25, 0.3) is 21.7 Å². The molecule has 1 aromatic heterocycles. The molecular weight excluding hydrogens is 418 g/mol. The summed E-state index contributed by atoms with van der Waals surface area (Å²) in [7, 11) is -1.67. The quantitative estimate of drug-likeness (QED) is 0.473. The number of hydrogen-bond acceptors (Lipinski definition) is 4. The summed E-state index contributed by atoms with van der Waals surface area (Å²) in [5.74, 6) is 0. The van der Waals surface area contributed by atoms with E-state index < -0.39 is 10.0 Å². The third kappa shape index (κ3) is 3.07. The van der Waals surface area contributed by atoms with E-state index in [-0.39, 0.29) is 4.90 Å². The van der Waals surface area contributed by atoms with Gasteiger partial charge in [0.1, 0.15) is 0 Å². The molecule has 1 aliphatic heterocycles. The highest BCUT2D eigenvalue weighted by atomic mass is 35.5. The second kappa shape index (κ2) is 7.30. The predicted molar refractivity (Wildman–Crippen MR) is 123 cm³/mol. The summed E-state index contributed by atoms with van der Waals surface area (Å²) in [5.41, 5.74) is 1.76. The largest absolute Gasteiger partial charge is 0.368 e. The smallest absolute Gasteiger partial charge is 0.268 e. The van der Waals surface area contributed by atoms with Gasteiger partial charge >= 0.3 is 0 Å². The third-order valence-corrected chi connectivity index (χ3v) is 7.96. The fraction of sp³-hybridized carbons (Fsp3) is 0.217. The number of fused-ring (bicyclic) bond motifs is 2. The van der Waals surface area contributed by atoms with E-state index in [2.05, 4.69) is 22.9 Å². The summed E-state index contributed by atoms with van der Waals surface area (Å²) in [6.45, 7) is 3.84. The zero-order chi connectivity index (χ0) is 20.9. The molecule has 0 amide bonds. The Morgan fingerprint density at radius 3 is 2.30 bits per heavy atom. The summed E-state index contributed by atoms with van der Waals surface area (Å²) < 4.78 is 28.7. The first-order valence-electron chi connectivity index (χ1n) is 9.93. The third-order valence-electron chi connectivity index (χ3n) is 5.88. The van der Waals surface area contributed by atoms with Gasteiger partial charge in [-0.3, -0.25) is 0 Å². The van der Waals surface area contributed by atoms with E-state index in [1.807, 2.05) is 24.3 Å². The molecule has 0 aliphatic carbocycles. The molecule has 0 atom stereocenters. The van der Waals surface area contributed by atoms with Crippen LogP contribution in [0.3, 0.4) is 0 Å². The van der Waals surface area contributed by atoms with Gasteiger partial charge in [0.25, 0.3) is 10.0 Å². The summed E-state index contributed by atoms with van der Waals surface area (Å²) in [4.78, 5) is 4.89. The van der Waals surface area contributed by atoms with Gasteiger partial charge in [-0.2, -0.15) is 0 Å². The summed E-state index contributed by atoms with van der Waals surface area (Å²) in [6, 6.07) is 18.3. The molecule has 1 saturated heterocycles. The minimum absolute atomic E-state index is 0.255. The van der Waals surface area contributed by atoms with E-state index >= 15 is 0 Å². The lowest BCUT2D eigenvalue weighted by atomic mass is 10.1. The fourth-order valence-corrected chi connectivity index (χ4v) is 6.03. The number of likely N-dealkylation sites (N-methyl/N-ethyl adjacent to an activating group) is 1. The van der Waals surface area contributed by atoms with Crippen LogP contribution in [0.5, 0.6) is 0 Å². The van der Waals surface area contributed by atoms with E-state index in [1.165, 1.54) is 3.97 Å². The number of piperazine rings is 1. The molecule has 3 aromatic carbocycles. The molecule has 5 rings (SSSR count). The highest BCUT2D eigenvalue weighted by Gasteiger charge is 2.24. The predicted octanol–water partition coefficient (Wildman–Crippen LogP) is 4.44. The maximum atomic E-state index is 13.7. The molecular formula is C23H22ClN3O2S. The van der Waals surface area contributed by atoms with Crippen LogP contribution in [0.4, 0.5) is 5.69 Å². The van der Waals surface area contributed by atoms with Crippen LogP contribution in [0, 0.1) is 0 Å². The Labute approximate surface area is 181 Å². The second-order valence-corrected chi connectivity index (χ2v) is 9.90. The van der Waals surface area contributed by atoms with E-state index in [0.29, 0.717) is 15.9 Å². The van der Waals surface area contributed by atoms with Crippen LogP contribution in [-0.4, -0.2) is 50.5 Å². The number of aromatic nitrogens is 1. The Bertz CT molecular complexity index is 1360. The molecule has 0 bridgehead atoms. The van der Waals surface area contributed by atoms with Crippen LogP contribution < -0.4 is 4.90 Å². The Hall–Kier alpha value is -2.54. The van der Waals surface area contributed by atoms with Crippen LogP contribution >= 0.6 is 11.6 Å². The van der Waals surface area contributed by atoms with Gasteiger partial charge in [0, 0.05) is 59.2 Å². The standard InChI is InChI=1S/C23H22ClN3O2S/c1-25-13-15-26(16-14-25)21-8-4-9-22-19(21)11-12-27(22)30(28,29)23-10-3-5-17-18(23)6-2-7-20(17)24/h2-12H,13-16H2,1H3. The Balaban J connectivity index is 1.66. The van der Waals surface area contributed by atoms with Gasteiger partial charge in [0.15, 0.2) is 0 Å². The molecule has 30 heavy (non-hydrogen) atoms. The first kappa shape index (κ1) is 19.4. The molecule has 5 nitrogen and oxygen atoms in total. The Morgan fingerprint density at radius 2 is 1.50 bits per heavy atom. The minimum Gasteiger partial charge on any atom is -0.368 e. The van der Waals surface area contributed by atoms with Crippen molar-refractivity contribution >= 4 is 49.0 Å². The average molecular weight is 440 g/mol. The van der Waals surface area contributed by atoms with Gasteiger partial charge in [-0.1, -0.05) is 41.9 Å². The van der Waals surface area contributed by atoms with E-state index in [9.17, 15) is 8.42 Å². The topological polar surface area (TPSA) is 45.5 Å². The van der Waals surface area contributed by atoms with Crippen molar-refractivity contribution in [1.82, 2.24) is 8.87 Å². The summed E-state index contributed by atoms with van der Waals surface area (Å²) in [5, 5.41) is 2.85. The molecule has 0 N–H and O–H groups in total. The highest BCUT2D eigenvalue weighted by Crippen LogP contribution is 2.34. The summed E-state index contributed by atoms with van der Waals surface area (Å²) in [6.07, 6.45) is 1.66. The maximum absolute atomic E-state index is 13.7. The first-order chi connectivity index (χ1) is 14.5. The molecule has 1 fully saturated rings. The zero-order valence-corrected chi connectivity index (χ0v) is 18.2. The highest BCUT2D eigenvalue weighted by molar-refractivity contribution is 7.90. The normalized spacial score (nSPS) is 15.9. The number of rotatable bonds is 3. The lowest BCUT2D eigenvalue weighted by molar-refractivity contribution is 0.313. The number of hydrogen-bond donors (Lipinski definition) is 0. The van der Waals surface area contributed by atoms with Crippen LogP contribution in [0.2, 0.25) is 5.02 Å². The molecule has 0 unspecified atom stereocenters. The maximum Gasteiger partial charge on any atom is 0.268 e. The lowest BCUT2D eigenvalue weighted by Crippen LogP contribution is -2.44. The van der Waals surface area contributed by atoms with E-state index in [4.69, 9.17) is 11.6 Å². The first-order valence-corrected chi connectivity index (χ1v) is 11.7. The number of halogens is 1. The van der Waals surface area contributed by atoms with E-state index in [1.54, 1.807) is 36.5 Å². The number of anilines is 1. The van der Waals surface area contributed by atoms with Crippen molar-refractivity contribution in [1.29, 1.82) is 0 Å². The van der Waals surface area contributed by atoms with Gasteiger partial charge in [0.05, 0.1) is 10.4 Å². The number of benzene rings is 3. The molecule has 7 heteroatoms. The minimum atomic E-state index is -3.79. The van der Waals surface area contributed by atoms with Gasteiger partial charge in [-0.15, -0.1) is 0 Å². The molecule has 154 valence electrons. The van der Waals surface area contributed by atoms with Gasteiger partial charge in [-0.25, -0.2) is 12.4 Å². The van der Waals surface area contributed by atoms with Crippen molar-refractivity contribution in [3.05, 3.63) is 71.9 Å². The molecule has 0 spiro atoms. The van der Waals surface area contributed by atoms with Gasteiger partial charge < -0.3 is 9.80 Å². The van der Waals surface area contributed by atoms with Gasteiger partial charge in [0.2, 0.25) is 0 Å². The zero-order valence-electron chi connectivity index (χ0n) is 16.6. The van der Waals surface area contributed by atoms with E-state index in [0.717, 1.165) is 42.6 Å². The van der Waals surface area contributed by atoms with Crippen LogP contribution in [0.15, 0.2) is 71.8 Å².